The van der Waals surface area contributed by atoms with E-state index in [1.165, 1.54) is 18.6 Å². The van der Waals surface area contributed by atoms with Crippen molar-refractivity contribution >= 4 is 17.6 Å². The molecule has 0 radical (unpaired) electrons. The Morgan fingerprint density at radius 3 is 2.20 bits per heavy atom. The molecule has 1 amide bonds. The van der Waals surface area contributed by atoms with E-state index in [0.29, 0.717) is 24.3 Å². The van der Waals surface area contributed by atoms with Gasteiger partial charge in [0.15, 0.2) is 0 Å². The Balaban J connectivity index is 1.68. The van der Waals surface area contributed by atoms with E-state index >= 15 is 0 Å². The molecular weight excluding hydrogens is 324 g/mol. The predicted molar refractivity (Wildman–Crippen MR) is 88.4 cm³/mol. The van der Waals surface area contributed by atoms with Gasteiger partial charge < -0.3 is 10.0 Å². The molecule has 25 heavy (non-hydrogen) atoms. The number of amides is 1. The van der Waals surface area contributed by atoms with E-state index in [-0.39, 0.29) is 28.8 Å². The Morgan fingerprint density at radius 1 is 1.00 bits per heavy atom. The molecule has 0 spiro atoms. The van der Waals surface area contributed by atoms with Crippen LogP contribution >= 0.6 is 0 Å². The fourth-order valence-electron chi connectivity index (χ4n) is 5.16. The van der Waals surface area contributed by atoms with Crippen molar-refractivity contribution in [2.45, 2.75) is 38.1 Å². The van der Waals surface area contributed by atoms with Gasteiger partial charge in [0.2, 0.25) is 0 Å². The third-order valence-corrected chi connectivity index (χ3v) is 5.99. The Hall–Kier alpha value is -2.44. The second-order valence-electron chi connectivity index (χ2n) is 7.72. The van der Waals surface area contributed by atoms with Gasteiger partial charge in [0, 0.05) is 30.3 Å². The Bertz CT molecular complexity index is 716. The number of carboxylic acid groups (broad SMARTS) is 1. The zero-order valence-electron chi connectivity index (χ0n) is 13.8. The van der Waals surface area contributed by atoms with E-state index in [1.807, 2.05) is 4.90 Å². The quantitative estimate of drug-likeness (QED) is 0.671. The summed E-state index contributed by atoms with van der Waals surface area (Å²) in [5.41, 5.74) is -0.477. The first-order chi connectivity index (χ1) is 11.9. The number of non-ortho nitro benzene ring substituents is 1. The lowest BCUT2D eigenvalue weighted by Crippen LogP contribution is -2.42. The van der Waals surface area contributed by atoms with Crippen molar-refractivity contribution in [3.63, 3.8) is 0 Å². The Kier molecular flexibility index (Phi) is 3.74. The van der Waals surface area contributed by atoms with Gasteiger partial charge >= 0.3 is 5.97 Å². The van der Waals surface area contributed by atoms with Gasteiger partial charge in [-0.3, -0.25) is 14.9 Å². The predicted octanol–water partition coefficient (Wildman–Crippen LogP) is 2.94. The SMILES string of the molecule is O=C(O)c1cc(C(=O)N2CC3CC4CC(C3)CC2C4)cc([N+](=O)[O-])c1. The molecule has 7 nitrogen and oxygen atoms in total. The molecule has 7 heteroatoms. The molecule has 2 unspecified atom stereocenters. The van der Waals surface area contributed by atoms with E-state index in [9.17, 15) is 24.8 Å². The summed E-state index contributed by atoms with van der Waals surface area (Å²) in [6.07, 6.45) is 5.58. The fraction of sp³-hybridized carbons (Fsp3) is 0.556. The van der Waals surface area contributed by atoms with Gasteiger partial charge in [0.1, 0.15) is 0 Å². The van der Waals surface area contributed by atoms with Gasteiger partial charge in [-0.15, -0.1) is 0 Å². The minimum atomic E-state index is -1.27. The van der Waals surface area contributed by atoms with Crippen LogP contribution in [0, 0.1) is 27.9 Å². The van der Waals surface area contributed by atoms with Gasteiger partial charge in [-0.2, -0.15) is 0 Å². The molecule has 0 aromatic heterocycles. The van der Waals surface area contributed by atoms with Crippen LogP contribution in [0.25, 0.3) is 0 Å². The maximum atomic E-state index is 13.1. The molecule has 4 bridgehead atoms. The number of benzene rings is 1. The van der Waals surface area contributed by atoms with Crippen molar-refractivity contribution in [1.29, 1.82) is 0 Å². The summed E-state index contributed by atoms with van der Waals surface area (Å²) in [6, 6.07) is 3.63. The topological polar surface area (TPSA) is 101 Å². The largest absolute Gasteiger partial charge is 0.478 e. The number of fused-ring (bicyclic) bond motifs is 1. The van der Waals surface area contributed by atoms with Crippen molar-refractivity contribution in [3.05, 3.63) is 39.4 Å². The molecule has 2 saturated carbocycles. The van der Waals surface area contributed by atoms with Crippen molar-refractivity contribution in [2.75, 3.05) is 6.54 Å². The van der Waals surface area contributed by atoms with Crippen LogP contribution < -0.4 is 0 Å². The minimum Gasteiger partial charge on any atom is -0.478 e. The Morgan fingerprint density at radius 2 is 1.60 bits per heavy atom. The standard InChI is InChI=1S/C18H20N2O5/c21-17(13-6-14(18(22)23)8-16(7-13)20(24)25)19-9-12-2-10-1-11(3-12)5-15(19)4-10/h6-8,10-12,15H,1-5,9H2,(H,22,23). The fourth-order valence-corrected chi connectivity index (χ4v) is 5.16. The van der Waals surface area contributed by atoms with Gasteiger partial charge in [-0.1, -0.05) is 0 Å². The highest BCUT2D eigenvalue weighted by Crippen LogP contribution is 2.47. The summed E-state index contributed by atoms with van der Waals surface area (Å²) < 4.78 is 0. The van der Waals surface area contributed by atoms with Crippen molar-refractivity contribution < 1.29 is 19.6 Å². The molecule has 132 valence electrons. The maximum absolute atomic E-state index is 13.1. The summed E-state index contributed by atoms with van der Waals surface area (Å²) in [6.45, 7) is 0.682. The zero-order chi connectivity index (χ0) is 17.7. The third-order valence-electron chi connectivity index (χ3n) is 5.99. The number of hydrogen-bond donors (Lipinski definition) is 1. The van der Waals surface area contributed by atoms with Gasteiger partial charge in [0.25, 0.3) is 11.6 Å². The first kappa shape index (κ1) is 16.1. The number of carboxylic acids is 1. The number of hydrogen-bond acceptors (Lipinski definition) is 4. The van der Waals surface area contributed by atoms with Crippen LogP contribution in [0.1, 0.15) is 52.8 Å². The van der Waals surface area contributed by atoms with Crippen molar-refractivity contribution in [3.8, 4) is 0 Å². The number of nitro benzene ring substituents is 1. The first-order valence-electron chi connectivity index (χ1n) is 8.74. The smallest absolute Gasteiger partial charge is 0.335 e. The van der Waals surface area contributed by atoms with E-state index in [0.717, 1.165) is 31.7 Å². The maximum Gasteiger partial charge on any atom is 0.335 e. The van der Waals surface area contributed by atoms with E-state index < -0.39 is 10.9 Å². The lowest BCUT2D eigenvalue weighted by atomic mass is 9.68. The number of carbonyl (C=O) groups excluding carboxylic acids is 1. The van der Waals surface area contributed by atoms with Crippen LogP contribution in [0.5, 0.6) is 0 Å². The lowest BCUT2D eigenvalue weighted by Gasteiger charge is -2.39. The van der Waals surface area contributed by atoms with E-state index in [4.69, 9.17) is 0 Å². The zero-order valence-corrected chi connectivity index (χ0v) is 13.8. The summed E-state index contributed by atoms with van der Waals surface area (Å²) >= 11 is 0. The molecule has 4 fully saturated rings. The van der Waals surface area contributed by atoms with Crippen molar-refractivity contribution in [1.82, 2.24) is 4.90 Å². The summed E-state index contributed by atoms with van der Waals surface area (Å²) in [5, 5.41) is 20.3. The van der Waals surface area contributed by atoms with Crippen LogP contribution in [0.3, 0.4) is 0 Å². The highest BCUT2D eigenvalue weighted by atomic mass is 16.6. The minimum absolute atomic E-state index is 0.104. The molecule has 2 saturated heterocycles. The molecular formula is C18H20N2O5. The molecule has 1 aromatic rings. The number of nitrogens with zero attached hydrogens (tertiary/aromatic N) is 2. The molecule has 2 atom stereocenters. The highest BCUT2D eigenvalue weighted by Gasteiger charge is 2.44. The monoisotopic (exact) mass is 344 g/mol. The molecule has 1 N–H and O–H groups in total. The van der Waals surface area contributed by atoms with Crippen LogP contribution in [0.15, 0.2) is 18.2 Å². The van der Waals surface area contributed by atoms with Gasteiger partial charge in [0.05, 0.1) is 10.5 Å². The molecule has 2 aliphatic carbocycles. The number of carbonyl (C=O) groups is 2. The van der Waals surface area contributed by atoms with Crippen LogP contribution in [0.4, 0.5) is 5.69 Å². The van der Waals surface area contributed by atoms with Gasteiger partial charge in [-0.05, 0) is 55.9 Å². The van der Waals surface area contributed by atoms with Crippen LogP contribution in [-0.2, 0) is 0 Å². The first-order valence-corrected chi connectivity index (χ1v) is 8.74. The second-order valence-corrected chi connectivity index (χ2v) is 7.72. The molecule has 1 aromatic carbocycles. The normalized spacial score (nSPS) is 30.2. The molecule has 5 rings (SSSR count). The van der Waals surface area contributed by atoms with Crippen molar-refractivity contribution in [2.24, 2.45) is 17.8 Å². The summed E-state index contributed by atoms with van der Waals surface area (Å²) in [4.78, 5) is 36.6. The summed E-state index contributed by atoms with van der Waals surface area (Å²) in [5.74, 6) is 0.316. The molecule has 4 aliphatic rings. The average molecular weight is 344 g/mol. The van der Waals surface area contributed by atoms with E-state index in [2.05, 4.69) is 0 Å². The lowest BCUT2D eigenvalue weighted by molar-refractivity contribution is -0.384. The number of rotatable bonds is 3. The van der Waals surface area contributed by atoms with E-state index in [1.54, 1.807) is 0 Å². The number of aromatic carboxylic acids is 1. The second kappa shape index (κ2) is 5.82. The van der Waals surface area contributed by atoms with Crippen LogP contribution in [0.2, 0.25) is 0 Å². The molecule has 2 heterocycles. The van der Waals surface area contributed by atoms with Gasteiger partial charge in [-0.25, -0.2) is 4.79 Å². The third kappa shape index (κ3) is 2.88. The Labute approximate surface area is 144 Å². The van der Waals surface area contributed by atoms with Crippen LogP contribution in [-0.4, -0.2) is 39.4 Å². The average Bonchev–Trinajstić information content (AvgIpc) is 2.77. The highest BCUT2D eigenvalue weighted by molar-refractivity contribution is 5.98. The number of nitro groups is 1. The summed E-state index contributed by atoms with van der Waals surface area (Å²) in [7, 11) is 0. The molecule has 2 aliphatic heterocycles.